The second kappa shape index (κ2) is 6.75. The molecule has 110 valence electrons. The van der Waals surface area contributed by atoms with E-state index < -0.39 is 10.8 Å². The molecule has 0 aliphatic rings. The molecule has 0 atom stereocenters. The first kappa shape index (κ1) is 14.9. The molecule has 2 rings (SSSR count). The summed E-state index contributed by atoms with van der Waals surface area (Å²) in [6.45, 7) is 2.53. The van der Waals surface area contributed by atoms with Gasteiger partial charge in [-0.3, -0.25) is 20.2 Å². The molecule has 0 radical (unpaired) electrons. The van der Waals surface area contributed by atoms with E-state index >= 15 is 0 Å². The SMILES string of the molecule is CCCNc1cccc(C(=O)Nc2nncs2)c1[N+](=O)[O-]. The minimum Gasteiger partial charge on any atom is -0.379 e. The molecule has 0 unspecified atom stereocenters. The lowest BCUT2D eigenvalue weighted by Crippen LogP contribution is -2.15. The highest BCUT2D eigenvalue weighted by Crippen LogP contribution is 2.29. The largest absolute Gasteiger partial charge is 0.379 e. The predicted molar refractivity (Wildman–Crippen MR) is 79.7 cm³/mol. The zero-order valence-corrected chi connectivity index (χ0v) is 12.0. The Balaban J connectivity index is 2.33. The highest BCUT2D eigenvalue weighted by molar-refractivity contribution is 7.13. The number of para-hydroxylation sites is 1. The Morgan fingerprint density at radius 2 is 2.29 bits per heavy atom. The number of nitrogens with zero attached hydrogens (tertiary/aromatic N) is 3. The van der Waals surface area contributed by atoms with E-state index in [9.17, 15) is 14.9 Å². The van der Waals surface area contributed by atoms with Crippen molar-refractivity contribution in [3.8, 4) is 0 Å². The summed E-state index contributed by atoms with van der Waals surface area (Å²) in [5.41, 5.74) is 1.53. The lowest BCUT2D eigenvalue weighted by Gasteiger charge is -2.09. The molecule has 0 fully saturated rings. The monoisotopic (exact) mass is 307 g/mol. The number of carbonyl (C=O) groups excluding carboxylic acids is 1. The molecule has 9 heteroatoms. The Morgan fingerprint density at radius 1 is 1.48 bits per heavy atom. The van der Waals surface area contributed by atoms with Gasteiger partial charge in [-0.15, -0.1) is 10.2 Å². The first-order valence-corrected chi connectivity index (χ1v) is 7.10. The van der Waals surface area contributed by atoms with E-state index in [2.05, 4.69) is 20.8 Å². The van der Waals surface area contributed by atoms with Crippen molar-refractivity contribution in [3.63, 3.8) is 0 Å². The first-order chi connectivity index (χ1) is 10.1. The molecule has 2 N–H and O–H groups in total. The summed E-state index contributed by atoms with van der Waals surface area (Å²) in [6.07, 6.45) is 0.818. The van der Waals surface area contributed by atoms with Crippen LogP contribution in [0.1, 0.15) is 23.7 Å². The van der Waals surface area contributed by atoms with Crippen LogP contribution >= 0.6 is 11.3 Å². The summed E-state index contributed by atoms with van der Waals surface area (Å²) in [4.78, 5) is 22.9. The Bertz CT molecular complexity index is 644. The Kier molecular flexibility index (Phi) is 4.77. The molecule has 8 nitrogen and oxygen atoms in total. The normalized spacial score (nSPS) is 10.1. The van der Waals surface area contributed by atoms with Gasteiger partial charge < -0.3 is 5.32 Å². The van der Waals surface area contributed by atoms with Gasteiger partial charge in [-0.1, -0.05) is 24.3 Å². The van der Waals surface area contributed by atoms with E-state index in [4.69, 9.17) is 0 Å². The van der Waals surface area contributed by atoms with Crippen LogP contribution in [0.4, 0.5) is 16.5 Å². The van der Waals surface area contributed by atoms with Crippen LogP contribution in [0, 0.1) is 10.1 Å². The average Bonchev–Trinajstić information content (AvgIpc) is 2.97. The molecule has 0 saturated carbocycles. The minimum absolute atomic E-state index is 0.0173. The molecule has 0 spiro atoms. The van der Waals surface area contributed by atoms with Crippen molar-refractivity contribution in [1.29, 1.82) is 0 Å². The van der Waals surface area contributed by atoms with Crippen LogP contribution in [0.3, 0.4) is 0 Å². The molecular weight excluding hydrogens is 294 g/mol. The van der Waals surface area contributed by atoms with Gasteiger partial charge in [-0.25, -0.2) is 0 Å². The van der Waals surface area contributed by atoms with Crippen molar-refractivity contribution >= 4 is 33.8 Å². The van der Waals surface area contributed by atoms with E-state index in [-0.39, 0.29) is 11.3 Å². The number of nitrogens with one attached hydrogen (secondary N) is 2. The molecule has 0 aliphatic heterocycles. The van der Waals surface area contributed by atoms with Gasteiger partial charge in [0.1, 0.15) is 16.8 Å². The van der Waals surface area contributed by atoms with E-state index in [0.717, 1.165) is 17.8 Å². The van der Waals surface area contributed by atoms with Crippen LogP contribution in [0.2, 0.25) is 0 Å². The number of nitro groups is 1. The third-order valence-corrected chi connectivity index (χ3v) is 3.22. The fourth-order valence-corrected chi connectivity index (χ4v) is 2.16. The van der Waals surface area contributed by atoms with E-state index in [1.807, 2.05) is 6.92 Å². The molecule has 0 aliphatic carbocycles. The number of amides is 1. The van der Waals surface area contributed by atoms with E-state index in [1.54, 1.807) is 12.1 Å². The number of hydrogen-bond acceptors (Lipinski definition) is 7. The van der Waals surface area contributed by atoms with Gasteiger partial charge >= 0.3 is 5.69 Å². The lowest BCUT2D eigenvalue weighted by atomic mass is 10.1. The molecule has 1 aromatic heterocycles. The fourth-order valence-electron chi connectivity index (χ4n) is 1.72. The van der Waals surface area contributed by atoms with Gasteiger partial charge in [0.05, 0.1) is 4.92 Å². The fraction of sp³-hybridized carbons (Fsp3) is 0.250. The third kappa shape index (κ3) is 3.51. The zero-order chi connectivity index (χ0) is 15.2. The maximum atomic E-state index is 12.2. The van der Waals surface area contributed by atoms with Gasteiger partial charge in [0.2, 0.25) is 5.13 Å². The topological polar surface area (TPSA) is 110 Å². The van der Waals surface area contributed by atoms with Crippen LogP contribution in [-0.2, 0) is 0 Å². The second-order valence-electron chi connectivity index (χ2n) is 4.08. The number of nitro benzene ring substituents is 1. The van der Waals surface area contributed by atoms with Crippen LogP contribution in [-0.4, -0.2) is 27.6 Å². The van der Waals surface area contributed by atoms with Gasteiger partial charge in [0, 0.05) is 6.54 Å². The molecule has 0 saturated heterocycles. The second-order valence-corrected chi connectivity index (χ2v) is 4.92. The first-order valence-electron chi connectivity index (χ1n) is 6.22. The maximum absolute atomic E-state index is 12.2. The lowest BCUT2D eigenvalue weighted by molar-refractivity contribution is -0.384. The van der Waals surface area contributed by atoms with Crippen LogP contribution in [0.15, 0.2) is 23.7 Å². The number of benzene rings is 1. The standard InChI is InChI=1S/C12H13N5O3S/c1-2-6-13-9-5-3-4-8(10(9)17(19)20)11(18)15-12-16-14-7-21-12/h3-5,7,13H,2,6H2,1H3,(H,15,16,18). The smallest absolute Gasteiger partial charge is 0.305 e. The zero-order valence-electron chi connectivity index (χ0n) is 11.2. The third-order valence-electron chi connectivity index (χ3n) is 2.61. The predicted octanol–water partition coefficient (Wildman–Crippen LogP) is 2.52. The van der Waals surface area contributed by atoms with Gasteiger partial charge in [0.15, 0.2) is 0 Å². The molecule has 1 heterocycles. The highest BCUT2D eigenvalue weighted by atomic mass is 32.1. The summed E-state index contributed by atoms with van der Waals surface area (Å²) < 4.78 is 0. The average molecular weight is 307 g/mol. The molecule has 21 heavy (non-hydrogen) atoms. The summed E-state index contributed by atoms with van der Waals surface area (Å²) in [7, 11) is 0. The van der Waals surface area contributed by atoms with Crippen molar-refractivity contribution in [2.75, 3.05) is 17.2 Å². The molecule has 1 aromatic carbocycles. The number of aromatic nitrogens is 2. The molecule has 0 bridgehead atoms. The van der Waals surface area contributed by atoms with Crippen LogP contribution in [0.5, 0.6) is 0 Å². The summed E-state index contributed by atoms with van der Waals surface area (Å²) in [5.74, 6) is -0.585. The Morgan fingerprint density at radius 3 is 2.90 bits per heavy atom. The Labute approximate surface area is 124 Å². The maximum Gasteiger partial charge on any atom is 0.305 e. The number of rotatable bonds is 6. The van der Waals surface area contributed by atoms with E-state index in [0.29, 0.717) is 17.4 Å². The molecule has 2 aromatic rings. The summed E-state index contributed by atoms with van der Waals surface area (Å²) in [5, 5.41) is 24.3. The van der Waals surface area contributed by atoms with Gasteiger partial charge in [-0.05, 0) is 18.6 Å². The van der Waals surface area contributed by atoms with Crippen LogP contribution < -0.4 is 10.6 Å². The molecule has 1 amide bonds. The van der Waals surface area contributed by atoms with Gasteiger partial charge in [0.25, 0.3) is 5.91 Å². The minimum atomic E-state index is -0.585. The summed E-state index contributed by atoms with van der Waals surface area (Å²) in [6, 6.07) is 4.58. The number of anilines is 2. The van der Waals surface area contributed by atoms with Crippen LogP contribution in [0.25, 0.3) is 0 Å². The van der Waals surface area contributed by atoms with Crippen molar-refractivity contribution in [2.45, 2.75) is 13.3 Å². The van der Waals surface area contributed by atoms with Crippen molar-refractivity contribution in [1.82, 2.24) is 10.2 Å². The van der Waals surface area contributed by atoms with Crippen molar-refractivity contribution < 1.29 is 9.72 Å². The highest BCUT2D eigenvalue weighted by Gasteiger charge is 2.24. The van der Waals surface area contributed by atoms with Crippen molar-refractivity contribution in [2.24, 2.45) is 0 Å². The van der Waals surface area contributed by atoms with Crippen molar-refractivity contribution in [3.05, 3.63) is 39.4 Å². The quantitative estimate of drug-likeness (QED) is 0.626. The Hall–Kier alpha value is -2.55. The number of carbonyl (C=O) groups is 1. The number of hydrogen-bond donors (Lipinski definition) is 2. The van der Waals surface area contributed by atoms with Gasteiger partial charge in [-0.2, -0.15) is 0 Å². The summed E-state index contributed by atoms with van der Waals surface area (Å²) >= 11 is 1.14. The molecular formula is C12H13N5O3S. The van der Waals surface area contributed by atoms with E-state index in [1.165, 1.54) is 11.6 Å².